The maximum atomic E-state index is 4.14. The minimum absolute atomic E-state index is 0.545. The minimum atomic E-state index is 0.545. The van der Waals surface area contributed by atoms with Crippen molar-refractivity contribution >= 4 is 0 Å². The number of hydrogen-bond acceptors (Lipinski definition) is 0. The standard InChI is InChI=1S/C18H24/c1-13(2)18-12-17(11-9-15(18)4)16-7-5-6-14(3)8-10-16/h6-7,9,11,18H,1,5,8,10,12H2,2-4H3. The Morgan fingerprint density at radius 2 is 1.89 bits per heavy atom. The second kappa shape index (κ2) is 5.56. The van der Waals surface area contributed by atoms with E-state index in [0.29, 0.717) is 5.92 Å². The van der Waals surface area contributed by atoms with Crippen LogP contribution in [0.15, 0.2) is 58.7 Å². The zero-order chi connectivity index (χ0) is 13.1. The van der Waals surface area contributed by atoms with Crippen molar-refractivity contribution in [3.05, 3.63) is 58.7 Å². The van der Waals surface area contributed by atoms with Gasteiger partial charge in [0, 0.05) is 5.92 Å². The Balaban J connectivity index is 2.16. The molecule has 2 aliphatic rings. The Morgan fingerprint density at radius 3 is 2.61 bits per heavy atom. The van der Waals surface area contributed by atoms with Gasteiger partial charge in [-0.15, -0.1) is 0 Å². The average Bonchev–Trinajstić information content (AvgIpc) is 2.54. The maximum absolute atomic E-state index is 4.14. The molecular formula is C18H24. The summed E-state index contributed by atoms with van der Waals surface area (Å²) in [4.78, 5) is 0. The molecule has 96 valence electrons. The van der Waals surface area contributed by atoms with E-state index in [0.717, 1.165) is 12.8 Å². The smallest absolute Gasteiger partial charge is 0.00423 e. The maximum Gasteiger partial charge on any atom is 0.00423 e. The second-order valence-corrected chi connectivity index (χ2v) is 5.72. The molecule has 2 rings (SSSR count). The summed E-state index contributed by atoms with van der Waals surface area (Å²) in [5.74, 6) is 0.545. The molecule has 0 aromatic carbocycles. The summed E-state index contributed by atoms with van der Waals surface area (Å²) in [5.41, 5.74) is 7.35. The van der Waals surface area contributed by atoms with Crippen LogP contribution in [0, 0.1) is 5.92 Å². The predicted molar refractivity (Wildman–Crippen MR) is 80.5 cm³/mol. The van der Waals surface area contributed by atoms with Crippen LogP contribution in [0.25, 0.3) is 0 Å². The summed E-state index contributed by atoms with van der Waals surface area (Å²) < 4.78 is 0. The molecule has 0 spiro atoms. The van der Waals surface area contributed by atoms with Gasteiger partial charge in [0.05, 0.1) is 0 Å². The normalized spacial score (nSPS) is 24.5. The molecule has 1 unspecified atom stereocenters. The van der Waals surface area contributed by atoms with Gasteiger partial charge in [-0.2, -0.15) is 0 Å². The number of hydrogen-bond donors (Lipinski definition) is 0. The Labute approximate surface area is 111 Å². The van der Waals surface area contributed by atoms with E-state index in [1.807, 2.05) is 0 Å². The first-order valence-electron chi connectivity index (χ1n) is 6.95. The Morgan fingerprint density at radius 1 is 1.11 bits per heavy atom. The van der Waals surface area contributed by atoms with Gasteiger partial charge in [0.15, 0.2) is 0 Å². The Bertz CT molecular complexity index is 466. The summed E-state index contributed by atoms with van der Waals surface area (Å²) >= 11 is 0. The molecule has 0 aromatic rings. The first-order valence-corrected chi connectivity index (χ1v) is 6.95. The van der Waals surface area contributed by atoms with Crippen LogP contribution in [0.3, 0.4) is 0 Å². The van der Waals surface area contributed by atoms with Gasteiger partial charge in [-0.25, -0.2) is 0 Å². The van der Waals surface area contributed by atoms with Crippen LogP contribution in [0.1, 0.15) is 46.5 Å². The first kappa shape index (κ1) is 13.1. The van der Waals surface area contributed by atoms with Crippen LogP contribution in [0.5, 0.6) is 0 Å². The topological polar surface area (TPSA) is 0 Å². The molecule has 0 saturated heterocycles. The van der Waals surface area contributed by atoms with Crippen molar-refractivity contribution in [3.63, 3.8) is 0 Å². The van der Waals surface area contributed by atoms with Crippen LogP contribution in [0.2, 0.25) is 0 Å². The quantitative estimate of drug-likeness (QED) is 0.558. The molecule has 0 bridgehead atoms. The summed E-state index contributed by atoms with van der Waals surface area (Å²) in [5, 5.41) is 0. The van der Waals surface area contributed by atoms with E-state index in [1.165, 1.54) is 35.1 Å². The van der Waals surface area contributed by atoms with Gasteiger partial charge in [-0.3, -0.25) is 0 Å². The summed E-state index contributed by atoms with van der Waals surface area (Å²) in [7, 11) is 0. The lowest BCUT2D eigenvalue weighted by atomic mass is 9.80. The highest BCUT2D eigenvalue weighted by Crippen LogP contribution is 2.35. The molecule has 0 amide bonds. The van der Waals surface area contributed by atoms with Gasteiger partial charge >= 0.3 is 0 Å². The molecular weight excluding hydrogens is 216 g/mol. The zero-order valence-electron chi connectivity index (χ0n) is 11.9. The van der Waals surface area contributed by atoms with E-state index in [9.17, 15) is 0 Å². The van der Waals surface area contributed by atoms with Crippen LogP contribution in [0.4, 0.5) is 0 Å². The number of rotatable bonds is 2. The molecule has 18 heavy (non-hydrogen) atoms. The lowest BCUT2D eigenvalue weighted by Crippen LogP contribution is -2.09. The van der Waals surface area contributed by atoms with Crippen LogP contribution >= 0.6 is 0 Å². The van der Waals surface area contributed by atoms with Crippen molar-refractivity contribution in [2.24, 2.45) is 5.92 Å². The molecule has 0 aliphatic heterocycles. The third-order valence-electron chi connectivity index (χ3n) is 4.15. The second-order valence-electron chi connectivity index (χ2n) is 5.72. The SMILES string of the molecule is C=C(C)C1CC(C2=CCC=C(C)CC2)=CC=C1C. The molecule has 2 aliphatic carbocycles. The fourth-order valence-corrected chi connectivity index (χ4v) is 2.83. The molecule has 0 heterocycles. The summed E-state index contributed by atoms with van der Waals surface area (Å²) in [6.45, 7) is 10.8. The third kappa shape index (κ3) is 2.93. The van der Waals surface area contributed by atoms with Gasteiger partial charge in [0.2, 0.25) is 0 Å². The highest BCUT2D eigenvalue weighted by Gasteiger charge is 2.19. The number of allylic oxidation sites excluding steroid dienone is 9. The van der Waals surface area contributed by atoms with E-state index < -0.39 is 0 Å². The summed E-state index contributed by atoms with van der Waals surface area (Å²) in [6.07, 6.45) is 14.0. The molecule has 1 atom stereocenters. The van der Waals surface area contributed by atoms with E-state index in [-0.39, 0.29) is 0 Å². The first-order chi connectivity index (χ1) is 8.58. The van der Waals surface area contributed by atoms with Gasteiger partial charge in [-0.1, -0.05) is 47.6 Å². The van der Waals surface area contributed by atoms with Gasteiger partial charge < -0.3 is 0 Å². The molecule has 0 N–H and O–H groups in total. The largest absolute Gasteiger partial charge is 0.0995 e. The summed E-state index contributed by atoms with van der Waals surface area (Å²) in [6, 6.07) is 0. The van der Waals surface area contributed by atoms with Crippen molar-refractivity contribution in [1.82, 2.24) is 0 Å². The Hall–Kier alpha value is -1.30. The highest BCUT2D eigenvalue weighted by molar-refractivity contribution is 5.42. The van der Waals surface area contributed by atoms with Gasteiger partial charge in [0.25, 0.3) is 0 Å². The van der Waals surface area contributed by atoms with Crippen molar-refractivity contribution < 1.29 is 0 Å². The predicted octanol–water partition coefficient (Wildman–Crippen LogP) is 5.51. The monoisotopic (exact) mass is 240 g/mol. The van der Waals surface area contributed by atoms with Crippen LogP contribution in [-0.2, 0) is 0 Å². The lowest BCUT2D eigenvalue weighted by Gasteiger charge is -2.24. The average molecular weight is 240 g/mol. The van der Waals surface area contributed by atoms with Crippen molar-refractivity contribution in [3.8, 4) is 0 Å². The van der Waals surface area contributed by atoms with Crippen molar-refractivity contribution in [2.75, 3.05) is 0 Å². The Kier molecular flexibility index (Phi) is 4.06. The van der Waals surface area contributed by atoms with Crippen LogP contribution in [-0.4, -0.2) is 0 Å². The van der Waals surface area contributed by atoms with Gasteiger partial charge in [-0.05, 0) is 57.6 Å². The van der Waals surface area contributed by atoms with Gasteiger partial charge in [0.1, 0.15) is 0 Å². The highest BCUT2D eigenvalue weighted by atomic mass is 14.2. The van der Waals surface area contributed by atoms with E-state index in [4.69, 9.17) is 0 Å². The molecule has 0 saturated carbocycles. The van der Waals surface area contributed by atoms with Crippen molar-refractivity contribution in [2.45, 2.75) is 46.5 Å². The van der Waals surface area contributed by atoms with Crippen molar-refractivity contribution in [1.29, 1.82) is 0 Å². The lowest BCUT2D eigenvalue weighted by molar-refractivity contribution is 0.690. The zero-order valence-corrected chi connectivity index (χ0v) is 11.9. The molecule has 0 fully saturated rings. The minimum Gasteiger partial charge on any atom is -0.0995 e. The molecule has 0 nitrogen and oxygen atoms in total. The fourth-order valence-electron chi connectivity index (χ4n) is 2.83. The molecule has 0 aromatic heterocycles. The fraction of sp³-hybridized carbons (Fsp3) is 0.444. The third-order valence-corrected chi connectivity index (χ3v) is 4.15. The molecule has 0 heteroatoms. The van der Waals surface area contributed by atoms with E-state index >= 15 is 0 Å². The van der Waals surface area contributed by atoms with E-state index in [2.05, 4.69) is 51.7 Å². The molecule has 0 radical (unpaired) electrons. The van der Waals surface area contributed by atoms with E-state index in [1.54, 1.807) is 5.57 Å². The van der Waals surface area contributed by atoms with Crippen LogP contribution < -0.4 is 0 Å².